The predicted molar refractivity (Wildman–Crippen MR) is 72.7 cm³/mol. The van der Waals surface area contributed by atoms with Crippen molar-refractivity contribution in [1.29, 1.82) is 0 Å². The maximum Gasteiger partial charge on any atom is 0.175 e. The van der Waals surface area contributed by atoms with Crippen LogP contribution in [-0.4, -0.2) is 40.0 Å². The number of hydrogen-bond donors (Lipinski definition) is 2. The highest BCUT2D eigenvalue weighted by Gasteiger charge is 2.23. The van der Waals surface area contributed by atoms with E-state index in [9.17, 15) is 5.11 Å². The van der Waals surface area contributed by atoms with E-state index in [1.54, 1.807) is 34.4 Å². The quantitative estimate of drug-likeness (QED) is 0.836. The molecule has 1 atom stereocenters. The standard InChI is InChI=1S/C12H18BrNO4/c1-14-6-7(15)10-8(16-2)5-9(17-3)12(18-4)11(10)13/h5,7,14-15H,6H2,1-4H3. The molecule has 0 saturated heterocycles. The lowest BCUT2D eigenvalue weighted by Gasteiger charge is -2.20. The summed E-state index contributed by atoms with van der Waals surface area (Å²) in [5.41, 5.74) is 0.629. The second-order valence-electron chi connectivity index (χ2n) is 3.62. The third kappa shape index (κ3) is 2.88. The van der Waals surface area contributed by atoms with E-state index in [4.69, 9.17) is 14.2 Å². The fraction of sp³-hybridized carbons (Fsp3) is 0.500. The highest BCUT2D eigenvalue weighted by molar-refractivity contribution is 9.10. The van der Waals surface area contributed by atoms with E-state index in [2.05, 4.69) is 21.2 Å². The minimum Gasteiger partial charge on any atom is -0.496 e. The van der Waals surface area contributed by atoms with Crippen LogP contribution in [0.25, 0.3) is 0 Å². The summed E-state index contributed by atoms with van der Waals surface area (Å²) in [6.45, 7) is 0.407. The Kier molecular flexibility index (Phi) is 5.71. The molecule has 0 heterocycles. The van der Waals surface area contributed by atoms with Gasteiger partial charge in [-0.1, -0.05) is 0 Å². The Morgan fingerprint density at radius 2 is 1.83 bits per heavy atom. The molecule has 0 fully saturated rings. The molecule has 0 saturated carbocycles. The summed E-state index contributed by atoms with van der Waals surface area (Å²) in [4.78, 5) is 0. The van der Waals surface area contributed by atoms with Gasteiger partial charge in [0.05, 0.1) is 31.9 Å². The van der Waals surface area contributed by atoms with Crippen molar-refractivity contribution in [1.82, 2.24) is 5.32 Å². The number of methoxy groups -OCH3 is 3. The minimum atomic E-state index is -0.709. The van der Waals surface area contributed by atoms with E-state index in [0.29, 0.717) is 33.8 Å². The molecular formula is C12H18BrNO4. The molecule has 6 heteroatoms. The number of halogens is 1. The molecular weight excluding hydrogens is 302 g/mol. The molecule has 2 N–H and O–H groups in total. The molecule has 0 radical (unpaired) electrons. The third-order valence-corrected chi connectivity index (χ3v) is 3.35. The number of nitrogens with one attached hydrogen (secondary N) is 1. The molecule has 0 amide bonds. The molecule has 0 bridgehead atoms. The molecule has 0 aliphatic rings. The van der Waals surface area contributed by atoms with E-state index in [-0.39, 0.29) is 0 Å². The first-order valence-electron chi connectivity index (χ1n) is 5.41. The molecule has 0 aliphatic carbocycles. The average Bonchev–Trinajstić information content (AvgIpc) is 2.37. The lowest BCUT2D eigenvalue weighted by atomic mass is 10.1. The van der Waals surface area contributed by atoms with Crippen molar-refractivity contribution in [3.8, 4) is 17.2 Å². The highest BCUT2D eigenvalue weighted by Crippen LogP contribution is 2.45. The normalized spacial score (nSPS) is 12.1. The number of ether oxygens (including phenoxy) is 3. The first kappa shape index (κ1) is 15.1. The Morgan fingerprint density at radius 3 is 2.28 bits per heavy atom. The number of rotatable bonds is 6. The summed E-state index contributed by atoms with van der Waals surface area (Å²) in [7, 11) is 6.41. The molecule has 0 aromatic heterocycles. The van der Waals surface area contributed by atoms with Crippen molar-refractivity contribution >= 4 is 15.9 Å². The number of likely N-dealkylation sites (N-methyl/N-ethyl adjacent to an activating group) is 1. The molecule has 0 spiro atoms. The summed E-state index contributed by atoms with van der Waals surface area (Å²) in [5.74, 6) is 1.62. The van der Waals surface area contributed by atoms with Crippen molar-refractivity contribution in [2.75, 3.05) is 34.9 Å². The number of benzene rings is 1. The van der Waals surface area contributed by atoms with E-state index in [1.807, 2.05) is 0 Å². The zero-order chi connectivity index (χ0) is 13.7. The van der Waals surface area contributed by atoms with E-state index >= 15 is 0 Å². The summed E-state index contributed by atoms with van der Waals surface area (Å²) >= 11 is 3.42. The molecule has 1 unspecified atom stereocenters. The second-order valence-corrected chi connectivity index (χ2v) is 4.41. The predicted octanol–water partition coefficient (Wildman–Crippen LogP) is 1.73. The lowest BCUT2D eigenvalue weighted by molar-refractivity contribution is 0.171. The summed E-state index contributed by atoms with van der Waals surface area (Å²) in [5, 5.41) is 13.0. The van der Waals surface area contributed by atoms with Crippen LogP contribution in [0.15, 0.2) is 10.5 Å². The maximum atomic E-state index is 10.1. The van der Waals surface area contributed by atoms with E-state index in [1.165, 1.54) is 0 Å². The largest absolute Gasteiger partial charge is 0.496 e. The highest BCUT2D eigenvalue weighted by atomic mass is 79.9. The molecule has 18 heavy (non-hydrogen) atoms. The second kappa shape index (κ2) is 6.82. The van der Waals surface area contributed by atoms with Gasteiger partial charge in [-0.25, -0.2) is 0 Å². The smallest absolute Gasteiger partial charge is 0.175 e. The van der Waals surface area contributed by atoms with Gasteiger partial charge < -0.3 is 24.6 Å². The van der Waals surface area contributed by atoms with Gasteiger partial charge in [-0.15, -0.1) is 0 Å². The Balaban J connectivity index is 3.38. The molecule has 1 rings (SSSR count). The monoisotopic (exact) mass is 319 g/mol. The zero-order valence-electron chi connectivity index (χ0n) is 10.9. The number of aliphatic hydroxyl groups is 1. The molecule has 1 aromatic carbocycles. The fourth-order valence-electron chi connectivity index (χ4n) is 1.72. The third-order valence-electron chi connectivity index (χ3n) is 2.56. The van der Waals surface area contributed by atoms with Crippen LogP contribution >= 0.6 is 15.9 Å². The van der Waals surface area contributed by atoms with Gasteiger partial charge in [0.15, 0.2) is 11.5 Å². The fourth-order valence-corrected chi connectivity index (χ4v) is 2.53. The Hall–Kier alpha value is -0.980. The van der Waals surface area contributed by atoms with Crippen molar-refractivity contribution in [3.05, 3.63) is 16.1 Å². The van der Waals surface area contributed by atoms with Crippen LogP contribution in [0.3, 0.4) is 0 Å². The van der Waals surface area contributed by atoms with Crippen LogP contribution in [0.5, 0.6) is 17.2 Å². The number of hydrogen-bond acceptors (Lipinski definition) is 5. The average molecular weight is 320 g/mol. The van der Waals surface area contributed by atoms with E-state index in [0.717, 1.165) is 0 Å². The zero-order valence-corrected chi connectivity index (χ0v) is 12.5. The van der Waals surface area contributed by atoms with Gasteiger partial charge in [-0.3, -0.25) is 0 Å². The van der Waals surface area contributed by atoms with Gasteiger partial charge in [0.25, 0.3) is 0 Å². The first-order chi connectivity index (χ1) is 8.60. The van der Waals surface area contributed by atoms with Crippen LogP contribution in [-0.2, 0) is 0 Å². The van der Waals surface area contributed by atoms with Crippen molar-refractivity contribution in [2.45, 2.75) is 6.10 Å². The molecule has 5 nitrogen and oxygen atoms in total. The molecule has 1 aromatic rings. The van der Waals surface area contributed by atoms with Crippen molar-refractivity contribution in [2.24, 2.45) is 0 Å². The van der Waals surface area contributed by atoms with Crippen LogP contribution in [0.1, 0.15) is 11.7 Å². The van der Waals surface area contributed by atoms with Gasteiger partial charge in [-0.05, 0) is 23.0 Å². The van der Waals surface area contributed by atoms with Gasteiger partial charge >= 0.3 is 0 Å². The van der Waals surface area contributed by atoms with Crippen LogP contribution < -0.4 is 19.5 Å². The van der Waals surface area contributed by atoms with Crippen LogP contribution in [0.4, 0.5) is 0 Å². The summed E-state index contributed by atoms with van der Waals surface area (Å²) in [6, 6.07) is 1.69. The molecule has 102 valence electrons. The SMILES string of the molecule is CNCC(O)c1c(OC)cc(OC)c(OC)c1Br. The van der Waals surface area contributed by atoms with Crippen LogP contribution in [0.2, 0.25) is 0 Å². The van der Waals surface area contributed by atoms with Gasteiger partial charge in [0, 0.05) is 18.2 Å². The Bertz CT molecular complexity index is 412. The van der Waals surface area contributed by atoms with E-state index < -0.39 is 6.10 Å². The summed E-state index contributed by atoms with van der Waals surface area (Å²) < 4.78 is 16.4. The lowest BCUT2D eigenvalue weighted by Crippen LogP contribution is -2.18. The topological polar surface area (TPSA) is 60.0 Å². The number of aliphatic hydroxyl groups excluding tert-OH is 1. The van der Waals surface area contributed by atoms with Crippen LogP contribution in [0, 0.1) is 0 Å². The minimum absolute atomic E-state index is 0.407. The first-order valence-corrected chi connectivity index (χ1v) is 6.21. The molecule has 0 aliphatic heterocycles. The Morgan fingerprint density at radius 1 is 1.22 bits per heavy atom. The van der Waals surface area contributed by atoms with Gasteiger partial charge in [0.2, 0.25) is 0 Å². The Labute approximate surface area is 115 Å². The summed E-state index contributed by atoms with van der Waals surface area (Å²) in [6.07, 6.45) is -0.709. The van der Waals surface area contributed by atoms with Crippen molar-refractivity contribution in [3.63, 3.8) is 0 Å². The van der Waals surface area contributed by atoms with Gasteiger partial charge in [0.1, 0.15) is 5.75 Å². The maximum absolute atomic E-state index is 10.1. The van der Waals surface area contributed by atoms with Crippen molar-refractivity contribution < 1.29 is 19.3 Å². The van der Waals surface area contributed by atoms with Gasteiger partial charge in [-0.2, -0.15) is 0 Å².